The first-order valence-corrected chi connectivity index (χ1v) is 3.57. The molecule has 13 heavy (non-hydrogen) atoms. The van der Waals surface area contributed by atoms with Gasteiger partial charge >= 0.3 is 0 Å². The summed E-state index contributed by atoms with van der Waals surface area (Å²) in [6.45, 7) is 0. The molecule has 0 fully saturated rings. The van der Waals surface area contributed by atoms with Gasteiger partial charge in [-0.15, -0.1) is 10.5 Å². The van der Waals surface area contributed by atoms with Gasteiger partial charge < -0.3 is 9.47 Å². The lowest BCUT2D eigenvalue weighted by molar-refractivity contribution is 0.441. The fraction of sp³-hybridized carbons (Fsp3) is 0. The predicted octanol–water partition coefficient (Wildman–Crippen LogP) is 2.06. The van der Waals surface area contributed by atoms with Gasteiger partial charge in [0.05, 0.1) is 5.02 Å². The minimum absolute atomic E-state index is 0.0493. The molecule has 0 radical (unpaired) electrons. The van der Waals surface area contributed by atoms with Crippen molar-refractivity contribution >= 4 is 11.6 Å². The molecule has 64 valence electrons. The summed E-state index contributed by atoms with van der Waals surface area (Å²) < 4.78 is 9.03. The summed E-state index contributed by atoms with van der Waals surface area (Å²) in [6.07, 6.45) is 2.91. The summed E-state index contributed by atoms with van der Waals surface area (Å²) in [5.74, 6) is 0.171. The number of hydrogen-bond donors (Lipinski definition) is 0. The van der Waals surface area contributed by atoms with Crippen molar-refractivity contribution in [3.05, 3.63) is 23.2 Å². The molecule has 1 aromatic carbocycles. The Labute approximate surface area is 79.5 Å². The third-order valence-electron chi connectivity index (χ3n) is 1.23. The number of nitriles is 2. The van der Waals surface area contributed by atoms with Crippen LogP contribution in [0.15, 0.2) is 18.2 Å². The summed E-state index contributed by atoms with van der Waals surface area (Å²) in [5.41, 5.74) is 0. The van der Waals surface area contributed by atoms with E-state index in [1.54, 1.807) is 6.07 Å². The number of benzene rings is 1. The monoisotopic (exact) mass is 194 g/mol. The molecule has 0 spiro atoms. The molecule has 0 aliphatic heterocycles. The molecule has 4 nitrogen and oxygen atoms in total. The molecule has 0 amide bonds. The summed E-state index contributed by atoms with van der Waals surface area (Å²) in [4.78, 5) is 0. The molecular weight excluding hydrogens is 192 g/mol. The van der Waals surface area contributed by atoms with Crippen LogP contribution in [0.2, 0.25) is 5.02 Å². The van der Waals surface area contributed by atoms with Crippen LogP contribution in [-0.2, 0) is 0 Å². The van der Waals surface area contributed by atoms with Crippen molar-refractivity contribution in [2.75, 3.05) is 0 Å². The second-order valence-electron chi connectivity index (χ2n) is 1.95. The van der Waals surface area contributed by atoms with Gasteiger partial charge in [-0.05, 0) is 12.1 Å². The number of rotatable bonds is 2. The number of ether oxygens (including phenoxy) is 2. The lowest BCUT2D eigenvalue weighted by Crippen LogP contribution is -1.89. The molecule has 0 saturated heterocycles. The standard InChI is InChI=1S/C8H3ClN2O2/c9-6-2-1-3-7(12-4-10)8(6)13-5-11/h1-3H. The SMILES string of the molecule is N#COc1cccc(Cl)c1OC#N. The first kappa shape index (κ1) is 9.18. The van der Waals surface area contributed by atoms with Gasteiger partial charge in [0, 0.05) is 0 Å². The van der Waals surface area contributed by atoms with Gasteiger partial charge in [-0.25, -0.2) is 0 Å². The number of halogens is 1. The molecule has 0 unspecified atom stereocenters. The largest absolute Gasteiger partial charge is 0.384 e. The van der Waals surface area contributed by atoms with Gasteiger partial charge in [-0.2, -0.15) is 0 Å². The minimum atomic E-state index is 0.0493. The Kier molecular flexibility index (Phi) is 2.97. The van der Waals surface area contributed by atoms with E-state index >= 15 is 0 Å². The van der Waals surface area contributed by atoms with E-state index in [4.69, 9.17) is 22.1 Å². The van der Waals surface area contributed by atoms with Crippen LogP contribution in [-0.4, -0.2) is 0 Å². The third-order valence-corrected chi connectivity index (χ3v) is 1.53. The van der Waals surface area contributed by atoms with Crippen molar-refractivity contribution in [3.8, 4) is 24.0 Å². The summed E-state index contributed by atoms with van der Waals surface area (Å²) in [6, 6.07) is 4.58. The number of hydrogen-bond acceptors (Lipinski definition) is 4. The van der Waals surface area contributed by atoms with Crippen LogP contribution >= 0.6 is 11.6 Å². The molecule has 0 heterocycles. The fourth-order valence-electron chi connectivity index (χ4n) is 0.763. The van der Waals surface area contributed by atoms with Crippen molar-refractivity contribution in [1.82, 2.24) is 0 Å². The van der Waals surface area contributed by atoms with Gasteiger partial charge in [-0.1, -0.05) is 17.7 Å². The van der Waals surface area contributed by atoms with Gasteiger partial charge in [0.2, 0.25) is 5.75 Å². The Bertz CT molecular complexity index is 392. The van der Waals surface area contributed by atoms with E-state index in [1.807, 2.05) is 0 Å². The molecule has 0 N–H and O–H groups in total. The van der Waals surface area contributed by atoms with Crippen LogP contribution < -0.4 is 9.47 Å². The Morgan fingerprint density at radius 1 is 1.15 bits per heavy atom. The van der Waals surface area contributed by atoms with E-state index in [-0.39, 0.29) is 16.5 Å². The van der Waals surface area contributed by atoms with E-state index in [0.717, 1.165) is 0 Å². The highest BCUT2D eigenvalue weighted by atomic mass is 35.5. The van der Waals surface area contributed by atoms with Crippen LogP contribution in [0.4, 0.5) is 0 Å². The van der Waals surface area contributed by atoms with E-state index in [2.05, 4.69) is 9.47 Å². The summed E-state index contributed by atoms with van der Waals surface area (Å²) in [7, 11) is 0. The first-order chi connectivity index (χ1) is 6.29. The van der Waals surface area contributed by atoms with Crippen molar-refractivity contribution in [3.63, 3.8) is 0 Å². The smallest absolute Gasteiger partial charge is 0.292 e. The molecule has 0 aliphatic carbocycles. The van der Waals surface area contributed by atoms with Gasteiger partial charge in [-0.3, -0.25) is 0 Å². The molecule has 0 saturated carbocycles. The van der Waals surface area contributed by atoms with Crippen LogP contribution in [0, 0.1) is 23.0 Å². The molecule has 0 atom stereocenters. The number of para-hydroxylation sites is 1. The normalized spacial score (nSPS) is 8.23. The zero-order valence-electron chi connectivity index (χ0n) is 6.32. The average Bonchev–Trinajstić information content (AvgIpc) is 2.11. The maximum Gasteiger partial charge on any atom is 0.292 e. The van der Waals surface area contributed by atoms with Crippen molar-refractivity contribution in [2.24, 2.45) is 0 Å². The zero-order chi connectivity index (χ0) is 9.68. The number of nitrogens with zero attached hydrogens (tertiary/aromatic N) is 2. The Morgan fingerprint density at radius 2 is 1.85 bits per heavy atom. The van der Waals surface area contributed by atoms with E-state index < -0.39 is 0 Å². The molecule has 0 bridgehead atoms. The van der Waals surface area contributed by atoms with Gasteiger partial charge in [0.25, 0.3) is 12.5 Å². The van der Waals surface area contributed by atoms with Crippen LogP contribution in [0.5, 0.6) is 11.5 Å². The fourth-order valence-corrected chi connectivity index (χ4v) is 0.968. The quantitative estimate of drug-likeness (QED) is 0.676. The van der Waals surface area contributed by atoms with Gasteiger partial charge in [0.1, 0.15) is 0 Å². The van der Waals surface area contributed by atoms with Gasteiger partial charge in [0.15, 0.2) is 5.75 Å². The Morgan fingerprint density at radius 3 is 2.46 bits per heavy atom. The van der Waals surface area contributed by atoms with Crippen molar-refractivity contribution < 1.29 is 9.47 Å². The van der Waals surface area contributed by atoms with Crippen molar-refractivity contribution in [2.45, 2.75) is 0 Å². The van der Waals surface area contributed by atoms with Crippen LogP contribution in [0.3, 0.4) is 0 Å². The average molecular weight is 195 g/mol. The Balaban J connectivity index is 3.12. The summed E-state index contributed by atoms with van der Waals surface area (Å²) in [5, 5.41) is 16.7. The van der Waals surface area contributed by atoms with Crippen molar-refractivity contribution in [1.29, 1.82) is 10.5 Å². The van der Waals surface area contributed by atoms with E-state index in [9.17, 15) is 0 Å². The second kappa shape index (κ2) is 4.20. The highest BCUT2D eigenvalue weighted by molar-refractivity contribution is 6.32. The summed E-state index contributed by atoms with van der Waals surface area (Å²) >= 11 is 5.68. The second-order valence-corrected chi connectivity index (χ2v) is 2.36. The molecule has 0 aliphatic rings. The maximum atomic E-state index is 8.27. The third kappa shape index (κ3) is 2.02. The molecule has 1 rings (SSSR count). The lowest BCUT2D eigenvalue weighted by Gasteiger charge is -2.03. The molecule has 0 aromatic heterocycles. The lowest BCUT2D eigenvalue weighted by atomic mass is 10.3. The maximum absolute atomic E-state index is 8.27. The molecule has 1 aromatic rings. The van der Waals surface area contributed by atoms with Crippen LogP contribution in [0.1, 0.15) is 0 Å². The predicted molar refractivity (Wildman–Crippen MR) is 43.9 cm³/mol. The minimum Gasteiger partial charge on any atom is -0.384 e. The van der Waals surface area contributed by atoms with Crippen LogP contribution in [0.25, 0.3) is 0 Å². The Hall–Kier alpha value is -1.91. The molecule has 5 heteroatoms. The highest BCUT2D eigenvalue weighted by Crippen LogP contribution is 2.34. The topological polar surface area (TPSA) is 66.0 Å². The van der Waals surface area contributed by atoms with E-state index in [0.29, 0.717) is 0 Å². The zero-order valence-corrected chi connectivity index (χ0v) is 7.08. The van der Waals surface area contributed by atoms with E-state index in [1.165, 1.54) is 24.6 Å². The molecular formula is C8H3ClN2O2. The first-order valence-electron chi connectivity index (χ1n) is 3.20. The highest BCUT2D eigenvalue weighted by Gasteiger charge is 2.09.